The van der Waals surface area contributed by atoms with Crippen molar-refractivity contribution in [3.63, 3.8) is 0 Å². The van der Waals surface area contributed by atoms with Crippen molar-refractivity contribution in [2.75, 3.05) is 31.2 Å². The zero-order valence-corrected chi connectivity index (χ0v) is 16.0. The molecular formula is C17H26N4O3S. The number of amides is 1. The van der Waals surface area contributed by atoms with Gasteiger partial charge in [0, 0.05) is 39.3 Å². The monoisotopic (exact) mass is 366 g/mol. The van der Waals surface area contributed by atoms with Crippen molar-refractivity contribution in [3.05, 3.63) is 29.8 Å². The van der Waals surface area contributed by atoms with E-state index in [1.165, 1.54) is 6.92 Å². The first-order valence-electron chi connectivity index (χ1n) is 8.19. The number of sulfone groups is 1. The van der Waals surface area contributed by atoms with Crippen molar-refractivity contribution in [3.8, 4) is 0 Å². The Hall–Kier alpha value is -2.09. The highest BCUT2D eigenvalue weighted by atomic mass is 32.2. The molecule has 1 aromatic carbocycles. The van der Waals surface area contributed by atoms with E-state index in [-0.39, 0.29) is 11.7 Å². The minimum atomic E-state index is -3.08. The standard InChI is InChI=1S/C17H26N4O3S/c1-13(22)20-15-7-5-6-14(10-15)11-19-16(18-4)21-8-9-25(23,24)17(2,3)12-21/h5-7,10H,8-9,11-12H2,1-4H3,(H,18,19)(H,20,22). The molecular weight excluding hydrogens is 340 g/mol. The van der Waals surface area contributed by atoms with Crippen LogP contribution >= 0.6 is 0 Å². The third kappa shape index (κ3) is 4.72. The fourth-order valence-corrected chi connectivity index (χ4v) is 4.17. The smallest absolute Gasteiger partial charge is 0.221 e. The first-order chi connectivity index (χ1) is 11.6. The number of hydrogen-bond acceptors (Lipinski definition) is 4. The van der Waals surface area contributed by atoms with Crippen molar-refractivity contribution < 1.29 is 13.2 Å². The second-order valence-corrected chi connectivity index (χ2v) is 9.53. The summed E-state index contributed by atoms with van der Waals surface area (Å²) in [5.41, 5.74) is 1.74. The van der Waals surface area contributed by atoms with Gasteiger partial charge in [-0.3, -0.25) is 9.79 Å². The number of carbonyl (C=O) groups is 1. The highest BCUT2D eigenvalue weighted by molar-refractivity contribution is 7.92. The van der Waals surface area contributed by atoms with E-state index in [1.807, 2.05) is 29.2 Å². The van der Waals surface area contributed by atoms with Crippen LogP contribution in [0, 0.1) is 0 Å². The van der Waals surface area contributed by atoms with E-state index in [9.17, 15) is 13.2 Å². The SMILES string of the molecule is CN=C(NCc1cccc(NC(C)=O)c1)N1CCS(=O)(=O)C(C)(C)C1. The van der Waals surface area contributed by atoms with Crippen LogP contribution < -0.4 is 10.6 Å². The molecule has 2 N–H and O–H groups in total. The van der Waals surface area contributed by atoms with Gasteiger partial charge < -0.3 is 15.5 Å². The molecule has 1 heterocycles. The van der Waals surface area contributed by atoms with E-state index in [0.29, 0.717) is 25.6 Å². The summed E-state index contributed by atoms with van der Waals surface area (Å²) in [7, 11) is -1.40. The maximum absolute atomic E-state index is 12.1. The van der Waals surface area contributed by atoms with Crippen LogP contribution in [0.4, 0.5) is 5.69 Å². The van der Waals surface area contributed by atoms with Gasteiger partial charge in [0.15, 0.2) is 15.8 Å². The molecule has 7 nitrogen and oxygen atoms in total. The first kappa shape index (κ1) is 19.2. The van der Waals surface area contributed by atoms with Gasteiger partial charge in [0.05, 0.1) is 10.5 Å². The Morgan fingerprint density at radius 1 is 1.36 bits per heavy atom. The highest BCUT2D eigenvalue weighted by Gasteiger charge is 2.40. The summed E-state index contributed by atoms with van der Waals surface area (Å²) >= 11 is 0. The van der Waals surface area contributed by atoms with E-state index in [2.05, 4.69) is 15.6 Å². The minimum Gasteiger partial charge on any atom is -0.352 e. The molecule has 0 atom stereocenters. The van der Waals surface area contributed by atoms with Crippen molar-refractivity contribution >= 4 is 27.4 Å². The molecule has 1 fully saturated rings. The number of carbonyl (C=O) groups excluding carboxylic acids is 1. The Balaban J connectivity index is 2.03. The number of hydrogen-bond donors (Lipinski definition) is 2. The maximum Gasteiger partial charge on any atom is 0.221 e. The van der Waals surface area contributed by atoms with Crippen molar-refractivity contribution in [1.82, 2.24) is 10.2 Å². The number of nitrogens with zero attached hydrogens (tertiary/aromatic N) is 2. The average Bonchev–Trinajstić information content (AvgIpc) is 2.51. The summed E-state index contributed by atoms with van der Waals surface area (Å²) in [6.07, 6.45) is 0. The molecule has 0 spiro atoms. The first-order valence-corrected chi connectivity index (χ1v) is 9.84. The van der Waals surface area contributed by atoms with Gasteiger partial charge in [0.25, 0.3) is 0 Å². The topological polar surface area (TPSA) is 90.9 Å². The van der Waals surface area contributed by atoms with Gasteiger partial charge in [0.1, 0.15) is 0 Å². The van der Waals surface area contributed by atoms with Gasteiger partial charge in [0.2, 0.25) is 5.91 Å². The highest BCUT2D eigenvalue weighted by Crippen LogP contribution is 2.23. The quantitative estimate of drug-likeness (QED) is 0.620. The van der Waals surface area contributed by atoms with Gasteiger partial charge in [-0.1, -0.05) is 12.1 Å². The van der Waals surface area contributed by atoms with Crippen molar-refractivity contribution in [2.24, 2.45) is 4.99 Å². The molecule has 0 aliphatic carbocycles. The number of nitrogens with one attached hydrogen (secondary N) is 2. The second-order valence-electron chi connectivity index (χ2n) is 6.78. The number of rotatable bonds is 3. The molecule has 0 saturated carbocycles. The van der Waals surface area contributed by atoms with E-state index in [4.69, 9.17) is 0 Å². The Labute approximate surface area is 149 Å². The Morgan fingerprint density at radius 3 is 2.68 bits per heavy atom. The third-order valence-electron chi connectivity index (χ3n) is 4.25. The zero-order chi connectivity index (χ0) is 18.7. The van der Waals surface area contributed by atoms with Gasteiger partial charge in [-0.2, -0.15) is 0 Å². The summed E-state index contributed by atoms with van der Waals surface area (Å²) in [5, 5.41) is 6.03. The predicted molar refractivity (Wildman–Crippen MR) is 100 cm³/mol. The van der Waals surface area contributed by atoms with Crippen LogP contribution in [-0.2, 0) is 21.2 Å². The predicted octanol–water partition coefficient (Wildman–Crippen LogP) is 1.23. The average molecular weight is 366 g/mol. The normalized spacial score (nSPS) is 19.4. The Kier molecular flexibility index (Phi) is 5.72. The lowest BCUT2D eigenvalue weighted by molar-refractivity contribution is -0.114. The van der Waals surface area contributed by atoms with Gasteiger partial charge in [-0.15, -0.1) is 0 Å². The summed E-state index contributed by atoms with van der Waals surface area (Å²) in [5.74, 6) is 0.684. The summed E-state index contributed by atoms with van der Waals surface area (Å²) in [6, 6.07) is 7.56. The maximum atomic E-state index is 12.1. The van der Waals surface area contributed by atoms with Gasteiger partial charge in [-0.05, 0) is 31.5 Å². The van der Waals surface area contributed by atoms with Crippen LogP contribution in [0.25, 0.3) is 0 Å². The third-order valence-corrected chi connectivity index (χ3v) is 6.79. The summed E-state index contributed by atoms with van der Waals surface area (Å²) < 4.78 is 23.5. The molecule has 1 aliphatic rings. The molecule has 2 rings (SSSR count). The van der Waals surface area contributed by atoms with Gasteiger partial charge >= 0.3 is 0 Å². The molecule has 1 amide bonds. The summed E-state index contributed by atoms with van der Waals surface area (Å²) in [4.78, 5) is 17.4. The molecule has 1 aromatic rings. The van der Waals surface area contributed by atoms with Crippen molar-refractivity contribution in [2.45, 2.75) is 32.1 Å². The lowest BCUT2D eigenvalue weighted by Crippen LogP contribution is -2.57. The fraction of sp³-hybridized carbons (Fsp3) is 0.529. The lowest BCUT2D eigenvalue weighted by Gasteiger charge is -2.39. The Bertz CT molecular complexity index is 772. The number of aliphatic imine (C=N–C) groups is 1. The van der Waals surface area contributed by atoms with Crippen LogP contribution in [0.3, 0.4) is 0 Å². The van der Waals surface area contributed by atoms with E-state index < -0.39 is 14.6 Å². The van der Waals surface area contributed by atoms with Crippen LogP contribution in [-0.4, -0.2) is 55.8 Å². The molecule has 0 unspecified atom stereocenters. The number of benzene rings is 1. The van der Waals surface area contributed by atoms with Crippen LogP contribution in [0.2, 0.25) is 0 Å². The molecule has 0 radical (unpaired) electrons. The lowest BCUT2D eigenvalue weighted by atomic mass is 10.2. The van der Waals surface area contributed by atoms with Gasteiger partial charge in [-0.25, -0.2) is 8.42 Å². The number of guanidine groups is 1. The molecule has 0 bridgehead atoms. The molecule has 1 saturated heterocycles. The van der Waals surface area contributed by atoms with Crippen LogP contribution in [0.5, 0.6) is 0 Å². The second kappa shape index (κ2) is 7.43. The van der Waals surface area contributed by atoms with Crippen LogP contribution in [0.15, 0.2) is 29.3 Å². The molecule has 8 heteroatoms. The molecule has 0 aromatic heterocycles. The Morgan fingerprint density at radius 2 is 2.08 bits per heavy atom. The molecule has 25 heavy (non-hydrogen) atoms. The molecule has 1 aliphatic heterocycles. The van der Waals surface area contributed by atoms with Crippen molar-refractivity contribution in [1.29, 1.82) is 0 Å². The minimum absolute atomic E-state index is 0.113. The van der Waals surface area contributed by atoms with E-state index >= 15 is 0 Å². The fourth-order valence-electron chi connectivity index (χ4n) is 2.80. The molecule has 138 valence electrons. The zero-order valence-electron chi connectivity index (χ0n) is 15.2. The largest absolute Gasteiger partial charge is 0.352 e. The van der Waals surface area contributed by atoms with Crippen LogP contribution in [0.1, 0.15) is 26.3 Å². The number of anilines is 1. The van der Waals surface area contributed by atoms with E-state index in [0.717, 1.165) is 11.3 Å². The summed E-state index contributed by atoms with van der Waals surface area (Å²) in [6.45, 7) is 6.33. The van der Waals surface area contributed by atoms with E-state index in [1.54, 1.807) is 20.9 Å².